The Labute approximate surface area is 173 Å². The number of rotatable bonds is 4. The predicted octanol–water partition coefficient (Wildman–Crippen LogP) is 4.28. The zero-order valence-electron chi connectivity index (χ0n) is 17.0. The Balaban J connectivity index is 1.99. The van der Waals surface area contributed by atoms with E-state index in [-0.39, 0.29) is 11.3 Å². The number of pyridine rings is 1. The van der Waals surface area contributed by atoms with Crippen molar-refractivity contribution in [2.45, 2.75) is 13.8 Å². The first kappa shape index (κ1) is 19.4. The van der Waals surface area contributed by atoms with Gasteiger partial charge in [-0.1, -0.05) is 24.3 Å². The van der Waals surface area contributed by atoms with E-state index in [2.05, 4.69) is 4.98 Å². The van der Waals surface area contributed by atoms with Crippen LogP contribution in [-0.4, -0.2) is 26.8 Å². The van der Waals surface area contributed by atoms with Crippen molar-refractivity contribution < 1.29 is 9.84 Å². The lowest BCUT2D eigenvalue weighted by Gasteiger charge is -2.15. The van der Waals surface area contributed by atoms with Gasteiger partial charge in [-0.3, -0.25) is 14.3 Å². The maximum absolute atomic E-state index is 13.4. The van der Waals surface area contributed by atoms with E-state index in [0.29, 0.717) is 33.7 Å². The summed E-state index contributed by atoms with van der Waals surface area (Å²) in [5.74, 6) is 0.847. The summed E-state index contributed by atoms with van der Waals surface area (Å²) in [5, 5.41) is 10.9. The van der Waals surface area contributed by atoms with Crippen LogP contribution >= 0.6 is 0 Å². The van der Waals surface area contributed by atoms with E-state index in [0.717, 1.165) is 11.3 Å². The summed E-state index contributed by atoms with van der Waals surface area (Å²) >= 11 is 0. The molecule has 2 heterocycles. The molecule has 150 valence electrons. The Morgan fingerprint density at radius 1 is 1.03 bits per heavy atom. The van der Waals surface area contributed by atoms with Crippen LogP contribution in [0.2, 0.25) is 0 Å². The van der Waals surface area contributed by atoms with Crippen LogP contribution in [0.3, 0.4) is 0 Å². The van der Waals surface area contributed by atoms with E-state index in [9.17, 15) is 9.90 Å². The van der Waals surface area contributed by atoms with Gasteiger partial charge >= 0.3 is 0 Å². The lowest BCUT2D eigenvalue weighted by atomic mass is 10.1. The van der Waals surface area contributed by atoms with Gasteiger partial charge in [0.15, 0.2) is 11.5 Å². The van der Waals surface area contributed by atoms with Crippen molar-refractivity contribution in [3.63, 3.8) is 0 Å². The monoisotopic (exact) mass is 399 g/mol. The second kappa shape index (κ2) is 7.83. The van der Waals surface area contributed by atoms with E-state index in [1.54, 1.807) is 47.2 Å². The number of benzene rings is 2. The summed E-state index contributed by atoms with van der Waals surface area (Å²) < 4.78 is 6.75. The molecule has 0 bridgehead atoms. The van der Waals surface area contributed by atoms with Gasteiger partial charge in [0.2, 0.25) is 0 Å². The molecule has 2 aromatic carbocycles. The zero-order chi connectivity index (χ0) is 21.3. The van der Waals surface area contributed by atoms with Crippen molar-refractivity contribution in [1.82, 2.24) is 14.5 Å². The molecule has 0 saturated heterocycles. The Bertz CT molecular complexity index is 1320. The number of hydrogen-bond acceptors (Lipinski definition) is 5. The molecule has 0 spiro atoms. The number of para-hydroxylation sites is 2. The summed E-state index contributed by atoms with van der Waals surface area (Å²) in [7, 11) is 1.50. The summed E-state index contributed by atoms with van der Waals surface area (Å²) in [6, 6.07) is 14.3. The molecule has 6 heteroatoms. The smallest absolute Gasteiger partial charge is 0.266 e. The molecule has 0 aliphatic carbocycles. The molecule has 1 N–H and O–H groups in total. The van der Waals surface area contributed by atoms with Crippen LogP contribution < -0.4 is 10.3 Å². The van der Waals surface area contributed by atoms with Crippen LogP contribution in [0, 0.1) is 13.8 Å². The quantitative estimate of drug-likeness (QED) is 0.554. The van der Waals surface area contributed by atoms with Crippen LogP contribution in [0.15, 0.2) is 59.5 Å². The molecule has 0 aliphatic rings. The first-order valence-corrected chi connectivity index (χ1v) is 9.49. The molecule has 0 atom stereocenters. The number of aryl methyl sites for hydroxylation is 2. The van der Waals surface area contributed by atoms with Crippen molar-refractivity contribution in [1.29, 1.82) is 0 Å². The van der Waals surface area contributed by atoms with E-state index in [1.807, 2.05) is 38.1 Å². The highest BCUT2D eigenvalue weighted by molar-refractivity contribution is 5.81. The van der Waals surface area contributed by atoms with Gasteiger partial charge in [0.25, 0.3) is 5.56 Å². The molecule has 0 saturated carbocycles. The van der Waals surface area contributed by atoms with Crippen LogP contribution in [0.25, 0.3) is 28.7 Å². The van der Waals surface area contributed by atoms with Crippen LogP contribution in [0.1, 0.15) is 22.6 Å². The standard InChI is InChI=1S/C24H21N3O3/c1-15-13-14-25-16(2)22(15)27-21(26-19-9-5-4-8-18(19)24(27)29)12-11-17-7-6-10-20(30-3)23(17)28/h4-14,28H,1-3H3/b12-11+. The van der Waals surface area contributed by atoms with Gasteiger partial charge in [0, 0.05) is 11.8 Å². The third-order valence-electron chi connectivity index (χ3n) is 5.00. The summed E-state index contributed by atoms with van der Waals surface area (Å²) in [4.78, 5) is 22.5. The molecule has 4 rings (SSSR count). The molecule has 0 fully saturated rings. The number of hydrogen-bond donors (Lipinski definition) is 1. The predicted molar refractivity (Wildman–Crippen MR) is 118 cm³/mol. The number of phenols is 1. The maximum Gasteiger partial charge on any atom is 0.266 e. The van der Waals surface area contributed by atoms with Gasteiger partial charge in [0.05, 0.1) is 29.4 Å². The number of phenolic OH excluding ortho intramolecular Hbond substituents is 1. The second-order valence-corrected chi connectivity index (χ2v) is 6.92. The molecule has 0 radical (unpaired) electrons. The van der Waals surface area contributed by atoms with E-state index >= 15 is 0 Å². The van der Waals surface area contributed by atoms with E-state index in [1.165, 1.54) is 7.11 Å². The Hall–Kier alpha value is -3.93. The van der Waals surface area contributed by atoms with Gasteiger partial charge in [-0.15, -0.1) is 0 Å². The second-order valence-electron chi connectivity index (χ2n) is 6.92. The number of aromatic hydroxyl groups is 1. The van der Waals surface area contributed by atoms with Crippen molar-refractivity contribution in [2.75, 3.05) is 7.11 Å². The van der Waals surface area contributed by atoms with E-state index in [4.69, 9.17) is 9.72 Å². The van der Waals surface area contributed by atoms with Crippen LogP contribution in [0.5, 0.6) is 11.5 Å². The van der Waals surface area contributed by atoms with Crippen molar-refractivity contribution >= 4 is 23.1 Å². The third kappa shape index (κ3) is 3.33. The zero-order valence-corrected chi connectivity index (χ0v) is 17.0. The minimum absolute atomic E-state index is 0.0275. The Kier molecular flexibility index (Phi) is 5.06. The van der Waals surface area contributed by atoms with E-state index < -0.39 is 0 Å². The highest BCUT2D eigenvalue weighted by Crippen LogP contribution is 2.30. The Morgan fingerprint density at radius 3 is 2.60 bits per heavy atom. The largest absolute Gasteiger partial charge is 0.504 e. The molecule has 30 heavy (non-hydrogen) atoms. The van der Waals surface area contributed by atoms with Gasteiger partial charge in [-0.05, 0) is 55.8 Å². The molecule has 4 aromatic rings. The first-order chi connectivity index (χ1) is 14.5. The van der Waals surface area contributed by atoms with Gasteiger partial charge in [-0.25, -0.2) is 4.98 Å². The normalized spacial score (nSPS) is 11.3. The number of fused-ring (bicyclic) bond motifs is 1. The van der Waals surface area contributed by atoms with Gasteiger partial charge < -0.3 is 9.84 Å². The number of ether oxygens (including phenoxy) is 1. The highest BCUT2D eigenvalue weighted by atomic mass is 16.5. The molecule has 0 amide bonds. The SMILES string of the molecule is COc1cccc(/C=C/c2nc3ccccc3c(=O)n2-c2c(C)ccnc2C)c1O. The van der Waals surface area contributed by atoms with Crippen LogP contribution in [-0.2, 0) is 0 Å². The average Bonchev–Trinajstić information content (AvgIpc) is 2.74. The molecule has 6 nitrogen and oxygen atoms in total. The summed E-state index contributed by atoms with van der Waals surface area (Å²) in [6.45, 7) is 3.80. The molecule has 2 aromatic heterocycles. The number of methoxy groups -OCH3 is 1. The maximum atomic E-state index is 13.4. The molecule has 0 unspecified atom stereocenters. The fraction of sp³-hybridized carbons (Fsp3) is 0.125. The molecular formula is C24H21N3O3. The average molecular weight is 399 g/mol. The minimum atomic E-state index is -0.172. The lowest BCUT2D eigenvalue weighted by Crippen LogP contribution is -2.24. The lowest BCUT2D eigenvalue weighted by molar-refractivity contribution is 0.373. The van der Waals surface area contributed by atoms with Crippen molar-refractivity contribution in [3.8, 4) is 17.2 Å². The fourth-order valence-corrected chi connectivity index (χ4v) is 3.51. The number of aromatic nitrogens is 3. The third-order valence-corrected chi connectivity index (χ3v) is 5.00. The van der Waals surface area contributed by atoms with Crippen LogP contribution in [0.4, 0.5) is 0 Å². The number of nitrogens with zero attached hydrogens (tertiary/aromatic N) is 3. The minimum Gasteiger partial charge on any atom is -0.504 e. The van der Waals surface area contributed by atoms with Crippen molar-refractivity contribution in [2.24, 2.45) is 0 Å². The summed E-state index contributed by atoms with van der Waals surface area (Å²) in [6.07, 6.45) is 5.15. The van der Waals surface area contributed by atoms with Crippen molar-refractivity contribution in [3.05, 3.63) is 87.7 Å². The first-order valence-electron chi connectivity index (χ1n) is 9.49. The Morgan fingerprint density at radius 2 is 1.83 bits per heavy atom. The van der Waals surface area contributed by atoms with Gasteiger partial charge in [0.1, 0.15) is 5.82 Å². The topological polar surface area (TPSA) is 77.2 Å². The van der Waals surface area contributed by atoms with Gasteiger partial charge in [-0.2, -0.15) is 0 Å². The fourth-order valence-electron chi connectivity index (χ4n) is 3.51. The highest BCUT2D eigenvalue weighted by Gasteiger charge is 2.15. The molecular weight excluding hydrogens is 378 g/mol. The summed E-state index contributed by atoms with van der Waals surface area (Å²) in [5.41, 5.74) is 3.34. The molecule has 0 aliphatic heterocycles.